The van der Waals surface area contributed by atoms with Crippen LogP contribution in [0.2, 0.25) is 0 Å². The zero-order valence-corrected chi connectivity index (χ0v) is 21.3. The SMILES string of the molecule is CC(C)C1COC(=O)N1c1ccnc(N[C@@H](C)c2ccc(C(=O)NC3CCS(O)(O)CC3)c(F)c2)n1. The molecule has 2 saturated heterocycles. The van der Waals surface area contributed by atoms with Gasteiger partial charge in [-0.25, -0.2) is 14.2 Å². The predicted molar refractivity (Wildman–Crippen MR) is 136 cm³/mol. The lowest BCUT2D eigenvalue weighted by Gasteiger charge is -2.39. The van der Waals surface area contributed by atoms with Crippen molar-refractivity contribution >= 4 is 34.4 Å². The van der Waals surface area contributed by atoms with Gasteiger partial charge in [-0.1, -0.05) is 19.9 Å². The van der Waals surface area contributed by atoms with Crippen molar-refractivity contribution in [3.63, 3.8) is 0 Å². The summed E-state index contributed by atoms with van der Waals surface area (Å²) in [6.45, 7) is 6.12. The van der Waals surface area contributed by atoms with Crippen molar-refractivity contribution in [2.45, 2.75) is 51.7 Å². The summed E-state index contributed by atoms with van der Waals surface area (Å²) in [5, 5.41) is 5.90. The van der Waals surface area contributed by atoms with Crippen LogP contribution in [0, 0.1) is 11.7 Å². The van der Waals surface area contributed by atoms with Crippen molar-refractivity contribution in [1.29, 1.82) is 0 Å². The standard InChI is InChI=1S/C24H32FN5O5S/c1-14(2)20-13-35-24(32)30(20)21-6-9-26-23(29-21)27-15(3)16-4-5-18(19(25)12-16)22(31)28-17-7-10-36(33,34)11-8-17/h4-6,9,12,14-15,17,20,33-34H,7-8,10-11,13H2,1-3H3,(H,28,31)(H,26,27,29)/t15-,20?/m0/s1. The summed E-state index contributed by atoms with van der Waals surface area (Å²) in [5.41, 5.74) is 0.513. The maximum Gasteiger partial charge on any atom is 0.415 e. The van der Waals surface area contributed by atoms with E-state index in [2.05, 4.69) is 20.6 Å². The van der Waals surface area contributed by atoms with E-state index in [1.54, 1.807) is 18.3 Å². The van der Waals surface area contributed by atoms with E-state index in [4.69, 9.17) is 4.74 Å². The van der Waals surface area contributed by atoms with E-state index in [0.29, 0.717) is 30.8 Å². The fourth-order valence-corrected chi connectivity index (χ4v) is 5.85. The molecule has 0 radical (unpaired) electrons. The number of nitrogens with one attached hydrogen (secondary N) is 2. The zero-order valence-electron chi connectivity index (χ0n) is 20.5. The summed E-state index contributed by atoms with van der Waals surface area (Å²) < 4.78 is 39.5. The molecule has 2 aliphatic heterocycles. The number of halogens is 1. The third-order valence-corrected chi connectivity index (χ3v) is 8.35. The third kappa shape index (κ3) is 5.88. The first-order chi connectivity index (χ1) is 17.0. The number of ether oxygens (including phenoxy) is 1. The molecule has 1 aromatic carbocycles. The van der Waals surface area contributed by atoms with Gasteiger partial charge >= 0.3 is 6.09 Å². The fraction of sp³-hybridized carbons (Fsp3) is 0.500. The maximum absolute atomic E-state index is 14.9. The molecule has 0 spiro atoms. The van der Waals surface area contributed by atoms with Crippen molar-refractivity contribution < 1.29 is 27.8 Å². The Morgan fingerprint density at radius 2 is 1.94 bits per heavy atom. The van der Waals surface area contributed by atoms with E-state index < -0.39 is 28.4 Å². The number of hydrogen-bond acceptors (Lipinski definition) is 8. The predicted octanol–water partition coefficient (Wildman–Crippen LogP) is 4.41. The zero-order chi connectivity index (χ0) is 26.0. The van der Waals surface area contributed by atoms with E-state index in [-0.39, 0.29) is 47.1 Å². The van der Waals surface area contributed by atoms with E-state index in [1.807, 2.05) is 20.8 Å². The van der Waals surface area contributed by atoms with Gasteiger partial charge < -0.3 is 15.4 Å². The molecule has 12 heteroatoms. The van der Waals surface area contributed by atoms with Crippen molar-refractivity contribution in [2.24, 2.45) is 5.92 Å². The Morgan fingerprint density at radius 3 is 2.61 bits per heavy atom. The summed E-state index contributed by atoms with van der Waals surface area (Å²) in [7, 11) is -2.55. The second-order valence-corrected chi connectivity index (χ2v) is 12.0. The Balaban J connectivity index is 1.41. The minimum Gasteiger partial charge on any atom is -0.447 e. The monoisotopic (exact) mass is 521 g/mol. The summed E-state index contributed by atoms with van der Waals surface area (Å²) in [4.78, 5) is 35.0. The average molecular weight is 522 g/mol. The molecular formula is C24H32FN5O5S. The van der Waals surface area contributed by atoms with Crippen LogP contribution in [-0.2, 0) is 4.74 Å². The van der Waals surface area contributed by atoms with Crippen LogP contribution in [0.1, 0.15) is 55.6 Å². The normalized spacial score (nSPS) is 21.7. The molecule has 36 heavy (non-hydrogen) atoms. The first kappa shape index (κ1) is 26.1. The Hall–Kier alpha value is -2.96. The van der Waals surface area contributed by atoms with Gasteiger partial charge in [-0.2, -0.15) is 15.6 Å². The highest BCUT2D eigenvalue weighted by atomic mass is 32.3. The molecule has 10 nitrogen and oxygen atoms in total. The topological polar surface area (TPSA) is 137 Å². The summed E-state index contributed by atoms with van der Waals surface area (Å²) in [6.07, 6.45) is 1.98. The van der Waals surface area contributed by atoms with Gasteiger partial charge in [0.05, 0.1) is 17.6 Å². The number of carbonyl (C=O) groups excluding carboxylic acids is 2. The molecule has 0 bridgehead atoms. The number of benzene rings is 1. The van der Waals surface area contributed by atoms with E-state index >= 15 is 0 Å². The lowest BCUT2D eigenvalue weighted by Crippen LogP contribution is -2.40. The first-order valence-corrected chi connectivity index (χ1v) is 13.8. The minimum absolute atomic E-state index is 0.0753. The molecule has 2 aliphatic rings. The van der Waals surface area contributed by atoms with Crippen LogP contribution < -0.4 is 15.5 Å². The third-order valence-electron chi connectivity index (χ3n) is 6.57. The molecule has 2 fully saturated rings. The maximum atomic E-state index is 14.9. The molecule has 4 rings (SSSR count). The number of carbonyl (C=O) groups is 2. The number of cyclic esters (lactones) is 1. The van der Waals surface area contributed by atoms with Gasteiger partial charge in [0.1, 0.15) is 18.2 Å². The molecule has 0 saturated carbocycles. The van der Waals surface area contributed by atoms with Crippen LogP contribution in [0.25, 0.3) is 0 Å². The van der Waals surface area contributed by atoms with Crippen molar-refractivity contribution in [3.8, 4) is 0 Å². The highest BCUT2D eigenvalue weighted by molar-refractivity contribution is 8.24. The Labute approximate surface area is 211 Å². The number of hydrogen-bond donors (Lipinski definition) is 4. The highest BCUT2D eigenvalue weighted by Crippen LogP contribution is 2.43. The minimum atomic E-state index is -2.55. The summed E-state index contributed by atoms with van der Waals surface area (Å²) in [6, 6.07) is 5.28. The van der Waals surface area contributed by atoms with Gasteiger partial charge in [-0.15, -0.1) is 0 Å². The molecule has 0 aliphatic carbocycles. The smallest absolute Gasteiger partial charge is 0.415 e. The molecule has 1 unspecified atom stereocenters. The van der Waals surface area contributed by atoms with Crippen LogP contribution in [0.5, 0.6) is 0 Å². The summed E-state index contributed by atoms with van der Waals surface area (Å²) in [5.74, 6) is 0.156. The molecule has 2 amide bonds. The lowest BCUT2D eigenvalue weighted by atomic mass is 10.0. The molecule has 3 heterocycles. The number of amides is 2. The van der Waals surface area contributed by atoms with Crippen LogP contribution in [0.15, 0.2) is 30.5 Å². The first-order valence-electron chi connectivity index (χ1n) is 11.9. The molecule has 4 N–H and O–H groups in total. The number of rotatable bonds is 7. The van der Waals surface area contributed by atoms with E-state index in [1.165, 1.54) is 17.0 Å². The van der Waals surface area contributed by atoms with Crippen LogP contribution >= 0.6 is 10.6 Å². The van der Waals surface area contributed by atoms with Crippen molar-refractivity contribution in [3.05, 3.63) is 47.4 Å². The van der Waals surface area contributed by atoms with Gasteiger partial charge in [0.15, 0.2) is 0 Å². The van der Waals surface area contributed by atoms with Crippen LogP contribution in [0.3, 0.4) is 0 Å². The van der Waals surface area contributed by atoms with Gasteiger partial charge in [0.25, 0.3) is 5.91 Å². The average Bonchev–Trinajstić information content (AvgIpc) is 3.22. The molecule has 2 aromatic rings. The van der Waals surface area contributed by atoms with Crippen molar-refractivity contribution in [1.82, 2.24) is 15.3 Å². The Bertz CT molecular complexity index is 1120. The number of aromatic nitrogens is 2. The molecule has 2 atom stereocenters. The largest absolute Gasteiger partial charge is 0.447 e. The lowest BCUT2D eigenvalue weighted by molar-refractivity contribution is 0.0929. The fourth-order valence-electron chi connectivity index (χ4n) is 4.32. The second kappa shape index (κ2) is 10.6. The van der Waals surface area contributed by atoms with Crippen molar-refractivity contribution in [2.75, 3.05) is 28.3 Å². The molecule has 1 aromatic heterocycles. The van der Waals surface area contributed by atoms with Gasteiger partial charge in [-0.05, 0) is 49.4 Å². The Kier molecular flexibility index (Phi) is 7.67. The Morgan fingerprint density at radius 1 is 1.22 bits per heavy atom. The summed E-state index contributed by atoms with van der Waals surface area (Å²) >= 11 is 0. The van der Waals surface area contributed by atoms with Gasteiger partial charge in [-0.3, -0.25) is 18.8 Å². The second-order valence-electron chi connectivity index (χ2n) is 9.56. The van der Waals surface area contributed by atoms with E-state index in [9.17, 15) is 23.1 Å². The van der Waals surface area contributed by atoms with Crippen LogP contribution in [0.4, 0.5) is 21.0 Å². The highest BCUT2D eigenvalue weighted by Gasteiger charge is 2.37. The van der Waals surface area contributed by atoms with Gasteiger partial charge in [0, 0.05) is 23.7 Å². The quantitative estimate of drug-likeness (QED) is 0.420. The number of anilines is 2. The molecular weight excluding hydrogens is 489 g/mol. The molecule has 196 valence electrons. The van der Waals surface area contributed by atoms with E-state index in [0.717, 1.165) is 0 Å². The number of nitrogens with zero attached hydrogens (tertiary/aromatic N) is 3. The van der Waals surface area contributed by atoms with Crippen LogP contribution in [-0.4, -0.2) is 61.3 Å². The van der Waals surface area contributed by atoms with Gasteiger partial charge in [0.2, 0.25) is 5.95 Å².